The van der Waals surface area contributed by atoms with Crippen LogP contribution >= 0.6 is 0 Å². The summed E-state index contributed by atoms with van der Waals surface area (Å²) in [6.07, 6.45) is 5.31. The zero-order chi connectivity index (χ0) is 18.7. The molecule has 0 radical (unpaired) electrons. The van der Waals surface area contributed by atoms with Crippen LogP contribution in [-0.4, -0.2) is 10.2 Å². The summed E-state index contributed by atoms with van der Waals surface area (Å²) in [5.41, 5.74) is 4.47. The largest absolute Gasteiger partial charge is 0.508 e. The van der Waals surface area contributed by atoms with Crippen molar-refractivity contribution in [3.05, 3.63) is 83.5 Å². The van der Waals surface area contributed by atoms with Gasteiger partial charge in [-0.3, -0.25) is 0 Å². The standard InChI is InChI=1S/C24H28O2/c1-16(2)20-13-12-19(17(3)14-18-8-5-4-6-9-18)15-21(20)24-22(25)10-7-11-23(24)26/h4-11,15,17,20-21,25-26H,1,12-14H2,2-3H3/t17?,20-,21+/m0/s1. The van der Waals surface area contributed by atoms with Crippen molar-refractivity contribution in [1.29, 1.82) is 0 Å². The molecule has 2 nitrogen and oxygen atoms in total. The Morgan fingerprint density at radius 1 is 1.08 bits per heavy atom. The van der Waals surface area contributed by atoms with E-state index in [1.165, 1.54) is 11.1 Å². The van der Waals surface area contributed by atoms with Gasteiger partial charge in [-0.1, -0.05) is 67.1 Å². The first-order valence-electron chi connectivity index (χ1n) is 9.38. The number of hydrogen-bond donors (Lipinski definition) is 2. The second-order valence-electron chi connectivity index (χ2n) is 7.56. The van der Waals surface area contributed by atoms with Crippen molar-refractivity contribution in [2.75, 3.05) is 0 Å². The van der Waals surface area contributed by atoms with Crippen LogP contribution in [0.5, 0.6) is 11.5 Å². The lowest BCUT2D eigenvalue weighted by Crippen LogP contribution is -2.20. The summed E-state index contributed by atoms with van der Waals surface area (Å²) in [7, 11) is 0. The lowest BCUT2D eigenvalue weighted by Gasteiger charge is -2.33. The summed E-state index contributed by atoms with van der Waals surface area (Å²) in [5, 5.41) is 20.8. The number of aromatic hydroxyl groups is 2. The summed E-state index contributed by atoms with van der Waals surface area (Å²) in [6.45, 7) is 8.47. The van der Waals surface area contributed by atoms with E-state index in [9.17, 15) is 10.2 Å². The van der Waals surface area contributed by atoms with Crippen LogP contribution in [-0.2, 0) is 6.42 Å². The Morgan fingerprint density at radius 3 is 2.35 bits per heavy atom. The van der Waals surface area contributed by atoms with E-state index >= 15 is 0 Å². The second kappa shape index (κ2) is 7.82. The molecule has 2 N–H and O–H groups in total. The normalized spacial score (nSPS) is 21.1. The monoisotopic (exact) mass is 348 g/mol. The molecule has 0 saturated heterocycles. The van der Waals surface area contributed by atoms with Gasteiger partial charge < -0.3 is 10.2 Å². The van der Waals surface area contributed by atoms with Crippen molar-refractivity contribution in [2.24, 2.45) is 11.8 Å². The van der Waals surface area contributed by atoms with Crippen LogP contribution in [0.4, 0.5) is 0 Å². The first kappa shape index (κ1) is 18.3. The fourth-order valence-corrected chi connectivity index (χ4v) is 4.16. The molecule has 0 bridgehead atoms. The summed E-state index contributed by atoms with van der Waals surface area (Å²) in [4.78, 5) is 0. The van der Waals surface area contributed by atoms with E-state index in [4.69, 9.17) is 0 Å². The fraction of sp³-hybridized carbons (Fsp3) is 0.333. The highest BCUT2D eigenvalue weighted by Crippen LogP contribution is 2.47. The van der Waals surface area contributed by atoms with E-state index < -0.39 is 0 Å². The third-order valence-corrected chi connectivity index (χ3v) is 5.62. The predicted molar refractivity (Wildman–Crippen MR) is 107 cm³/mol. The summed E-state index contributed by atoms with van der Waals surface area (Å²) in [6, 6.07) is 15.5. The predicted octanol–water partition coefficient (Wildman–Crippen LogP) is 5.97. The first-order chi connectivity index (χ1) is 12.5. The minimum Gasteiger partial charge on any atom is -0.508 e. The number of phenols is 2. The highest BCUT2D eigenvalue weighted by atomic mass is 16.3. The molecule has 2 aromatic rings. The van der Waals surface area contributed by atoms with Crippen LogP contribution in [0.25, 0.3) is 0 Å². The molecular weight excluding hydrogens is 320 g/mol. The van der Waals surface area contributed by atoms with E-state index in [1.54, 1.807) is 18.2 Å². The molecule has 2 aromatic carbocycles. The van der Waals surface area contributed by atoms with Crippen LogP contribution in [0.2, 0.25) is 0 Å². The van der Waals surface area contributed by atoms with Crippen LogP contribution in [0.1, 0.15) is 43.7 Å². The zero-order valence-electron chi connectivity index (χ0n) is 15.7. The van der Waals surface area contributed by atoms with Crippen molar-refractivity contribution < 1.29 is 10.2 Å². The quantitative estimate of drug-likeness (QED) is 0.653. The van der Waals surface area contributed by atoms with Crippen LogP contribution in [0.3, 0.4) is 0 Å². The van der Waals surface area contributed by atoms with Crippen LogP contribution < -0.4 is 0 Å². The molecule has 0 heterocycles. The molecule has 0 saturated carbocycles. The van der Waals surface area contributed by atoms with E-state index in [0.717, 1.165) is 24.8 Å². The number of hydrogen-bond acceptors (Lipinski definition) is 2. The molecule has 1 unspecified atom stereocenters. The van der Waals surface area contributed by atoms with Gasteiger partial charge in [0.25, 0.3) is 0 Å². The SMILES string of the molecule is C=C(C)[C@@H]1CCC(C(C)Cc2ccccc2)=C[C@H]1c1c(O)cccc1O. The van der Waals surface area contributed by atoms with Crippen molar-refractivity contribution in [2.45, 2.75) is 39.0 Å². The molecular formula is C24H28O2. The third-order valence-electron chi connectivity index (χ3n) is 5.62. The Labute approximate surface area is 156 Å². The molecule has 136 valence electrons. The lowest BCUT2D eigenvalue weighted by atomic mass is 9.71. The maximum Gasteiger partial charge on any atom is 0.123 e. The minimum absolute atomic E-state index is 0.0318. The van der Waals surface area contributed by atoms with Gasteiger partial charge in [-0.2, -0.15) is 0 Å². The van der Waals surface area contributed by atoms with E-state index in [0.29, 0.717) is 11.5 Å². The Hall–Kier alpha value is -2.48. The van der Waals surface area contributed by atoms with Gasteiger partial charge in [-0.15, -0.1) is 0 Å². The topological polar surface area (TPSA) is 40.5 Å². The van der Waals surface area contributed by atoms with Crippen molar-refractivity contribution >= 4 is 0 Å². The third kappa shape index (κ3) is 3.85. The van der Waals surface area contributed by atoms with Crippen molar-refractivity contribution in [3.8, 4) is 11.5 Å². The Kier molecular flexibility index (Phi) is 5.51. The van der Waals surface area contributed by atoms with E-state index in [-0.39, 0.29) is 23.3 Å². The Morgan fingerprint density at radius 2 is 1.73 bits per heavy atom. The molecule has 26 heavy (non-hydrogen) atoms. The molecule has 2 heteroatoms. The summed E-state index contributed by atoms with van der Waals surface area (Å²) < 4.78 is 0. The van der Waals surface area contributed by atoms with Gasteiger partial charge in [0.2, 0.25) is 0 Å². The van der Waals surface area contributed by atoms with E-state index in [2.05, 4.69) is 43.8 Å². The maximum atomic E-state index is 10.4. The van der Waals surface area contributed by atoms with Gasteiger partial charge in [0.15, 0.2) is 0 Å². The van der Waals surface area contributed by atoms with Crippen LogP contribution in [0.15, 0.2) is 72.3 Å². The number of rotatable bonds is 5. The number of phenolic OH excluding ortho intramolecular Hbond substituents is 2. The summed E-state index contributed by atoms with van der Waals surface area (Å²) >= 11 is 0. The average Bonchev–Trinajstić information content (AvgIpc) is 2.62. The van der Waals surface area contributed by atoms with Gasteiger partial charge in [-0.25, -0.2) is 0 Å². The fourth-order valence-electron chi connectivity index (χ4n) is 4.16. The molecule has 1 aliphatic rings. The lowest BCUT2D eigenvalue weighted by molar-refractivity contribution is 0.400. The second-order valence-corrected chi connectivity index (χ2v) is 7.56. The van der Waals surface area contributed by atoms with Gasteiger partial charge in [0.1, 0.15) is 11.5 Å². The Balaban J connectivity index is 1.93. The van der Waals surface area contributed by atoms with Gasteiger partial charge in [0, 0.05) is 11.5 Å². The van der Waals surface area contributed by atoms with E-state index in [1.807, 2.05) is 13.0 Å². The maximum absolute atomic E-state index is 10.4. The number of allylic oxidation sites excluding steroid dienone is 3. The Bertz CT molecular complexity index is 784. The molecule has 0 spiro atoms. The highest BCUT2D eigenvalue weighted by molar-refractivity contribution is 5.49. The summed E-state index contributed by atoms with van der Waals surface area (Å²) in [5.74, 6) is 0.959. The van der Waals surface area contributed by atoms with Gasteiger partial charge >= 0.3 is 0 Å². The molecule has 0 amide bonds. The molecule has 0 fully saturated rings. The van der Waals surface area contributed by atoms with Crippen LogP contribution in [0, 0.1) is 11.8 Å². The molecule has 0 aliphatic heterocycles. The average molecular weight is 348 g/mol. The molecule has 3 atom stereocenters. The number of benzene rings is 2. The van der Waals surface area contributed by atoms with Gasteiger partial charge in [0.05, 0.1) is 0 Å². The van der Waals surface area contributed by atoms with Gasteiger partial charge in [-0.05, 0) is 55.7 Å². The van der Waals surface area contributed by atoms with Crippen molar-refractivity contribution in [1.82, 2.24) is 0 Å². The first-order valence-corrected chi connectivity index (χ1v) is 9.38. The molecule has 3 rings (SSSR count). The minimum atomic E-state index is -0.0318. The molecule has 0 aromatic heterocycles. The smallest absolute Gasteiger partial charge is 0.123 e. The molecule has 1 aliphatic carbocycles. The van der Waals surface area contributed by atoms with Crippen molar-refractivity contribution in [3.63, 3.8) is 0 Å². The highest BCUT2D eigenvalue weighted by Gasteiger charge is 2.31. The zero-order valence-corrected chi connectivity index (χ0v) is 15.7.